The molecule has 2 aromatic rings. The summed E-state index contributed by atoms with van der Waals surface area (Å²) in [5.41, 5.74) is 2.37. The first kappa shape index (κ1) is 17.6. The normalized spacial score (nSPS) is 18.1. The predicted octanol–water partition coefficient (Wildman–Crippen LogP) is 2.62. The molecule has 0 aliphatic carbocycles. The lowest BCUT2D eigenvalue weighted by atomic mass is 9.96. The lowest BCUT2D eigenvalue weighted by molar-refractivity contribution is -0.128. The fourth-order valence-corrected chi connectivity index (χ4v) is 3.92. The van der Waals surface area contributed by atoms with Crippen LogP contribution >= 0.6 is 0 Å². The van der Waals surface area contributed by atoms with Gasteiger partial charge in [0.05, 0.1) is 11.3 Å². The Hall–Kier alpha value is -2.76. The van der Waals surface area contributed by atoms with Crippen LogP contribution < -0.4 is 0 Å². The second-order valence-corrected chi connectivity index (χ2v) is 7.35. The van der Waals surface area contributed by atoms with Crippen LogP contribution in [-0.4, -0.2) is 57.8 Å². The van der Waals surface area contributed by atoms with Crippen LogP contribution in [0.4, 0.5) is 0 Å². The molecule has 2 fully saturated rings. The smallest absolute Gasteiger partial charge is 0.255 e. The molecule has 2 aromatic heterocycles. The molecule has 6 nitrogen and oxygen atoms in total. The number of carbonyl (C=O) groups is 2. The Kier molecular flexibility index (Phi) is 5.14. The topological polar surface area (TPSA) is 66.4 Å². The maximum Gasteiger partial charge on any atom is 0.255 e. The molecule has 0 aromatic carbocycles. The molecule has 0 unspecified atom stereocenters. The van der Waals surface area contributed by atoms with E-state index in [0.717, 1.165) is 56.7 Å². The molecule has 0 saturated carbocycles. The third kappa shape index (κ3) is 3.99. The van der Waals surface area contributed by atoms with Crippen LogP contribution in [0.5, 0.6) is 0 Å². The van der Waals surface area contributed by atoms with E-state index in [2.05, 4.69) is 9.97 Å². The average molecular weight is 364 g/mol. The number of carbonyl (C=O) groups excluding carboxylic acids is 2. The summed E-state index contributed by atoms with van der Waals surface area (Å²) in [5, 5.41) is 0. The van der Waals surface area contributed by atoms with Crippen LogP contribution in [0.2, 0.25) is 0 Å². The number of rotatable bonds is 4. The average Bonchev–Trinajstić information content (AvgIpc) is 3.13. The number of hydrogen-bond donors (Lipinski definition) is 0. The molecule has 27 heavy (non-hydrogen) atoms. The van der Waals surface area contributed by atoms with E-state index < -0.39 is 0 Å². The molecule has 2 aliphatic heterocycles. The Bertz CT molecular complexity index is 799. The van der Waals surface area contributed by atoms with E-state index in [-0.39, 0.29) is 11.8 Å². The molecule has 0 atom stereocenters. The second kappa shape index (κ2) is 7.86. The molecular weight excluding hydrogens is 340 g/mol. The quantitative estimate of drug-likeness (QED) is 0.836. The van der Waals surface area contributed by atoms with E-state index in [0.29, 0.717) is 17.9 Å². The highest BCUT2D eigenvalue weighted by atomic mass is 16.2. The van der Waals surface area contributed by atoms with Gasteiger partial charge in [0.15, 0.2) is 0 Å². The van der Waals surface area contributed by atoms with Crippen LogP contribution in [0.3, 0.4) is 0 Å². The van der Waals surface area contributed by atoms with Gasteiger partial charge in [0, 0.05) is 56.8 Å². The standard InChI is InChI=1S/C21H24N4O2/c26-20-4-2-10-25(20)15-16-7-11-24(12-8-16)21(27)18-5-6-19(23-14-18)17-3-1-9-22-13-17/h1,3,5-6,9,13-14,16H,2,4,7-8,10-12,15H2. The largest absolute Gasteiger partial charge is 0.342 e. The zero-order valence-corrected chi connectivity index (χ0v) is 15.4. The fourth-order valence-electron chi connectivity index (χ4n) is 3.92. The Balaban J connectivity index is 1.33. The number of hydrogen-bond acceptors (Lipinski definition) is 4. The number of pyridine rings is 2. The van der Waals surface area contributed by atoms with Crippen molar-refractivity contribution >= 4 is 11.8 Å². The first-order chi connectivity index (χ1) is 13.2. The maximum absolute atomic E-state index is 12.8. The van der Waals surface area contributed by atoms with E-state index in [4.69, 9.17) is 0 Å². The van der Waals surface area contributed by atoms with Gasteiger partial charge in [-0.1, -0.05) is 0 Å². The molecule has 2 amide bonds. The third-order valence-electron chi connectivity index (χ3n) is 5.52. The monoisotopic (exact) mass is 364 g/mol. The van der Waals surface area contributed by atoms with E-state index in [1.165, 1.54) is 0 Å². The Morgan fingerprint density at radius 3 is 2.59 bits per heavy atom. The first-order valence-electron chi connectivity index (χ1n) is 9.64. The van der Waals surface area contributed by atoms with Crippen LogP contribution in [0.25, 0.3) is 11.3 Å². The van der Waals surface area contributed by atoms with Gasteiger partial charge in [-0.2, -0.15) is 0 Å². The zero-order chi connectivity index (χ0) is 18.6. The van der Waals surface area contributed by atoms with Crippen LogP contribution in [0.1, 0.15) is 36.0 Å². The summed E-state index contributed by atoms with van der Waals surface area (Å²) in [6, 6.07) is 7.53. The molecule has 0 bridgehead atoms. The van der Waals surface area contributed by atoms with E-state index >= 15 is 0 Å². The van der Waals surface area contributed by atoms with Crippen LogP contribution in [-0.2, 0) is 4.79 Å². The molecular formula is C21H24N4O2. The number of nitrogens with zero attached hydrogens (tertiary/aromatic N) is 4. The van der Waals surface area contributed by atoms with Crippen molar-refractivity contribution in [2.75, 3.05) is 26.2 Å². The van der Waals surface area contributed by atoms with Gasteiger partial charge < -0.3 is 9.80 Å². The van der Waals surface area contributed by atoms with Crippen molar-refractivity contribution in [3.63, 3.8) is 0 Å². The molecule has 4 rings (SSSR count). The van der Waals surface area contributed by atoms with Gasteiger partial charge in [-0.3, -0.25) is 19.6 Å². The van der Waals surface area contributed by atoms with Gasteiger partial charge in [0.25, 0.3) is 5.91 Å². The van der Waals surface area contributed by atoms with Gasteiger partial charge in [-0.05, 0) is 49.4 Å². The van der Waals surface area contributed by atoms with Crippen molar-refractivity contribution in [1.82, 2.24) is 19.8 Å². The van der Waals surface area contributed by atoms with Gasteiger partial charge in [-0.15, -0.1) is 0 Å². The highest BCUT2D eigenvalue weighted by Crippen LogP contribution is 2.23. The SMILES string of the molecule is O=C1CCCN1CC1CCN(C(=O)c2ccc(-c3cccnc3)nc2)CC1. The highest BCUT2D eigenvalue weighted by Gasteiger charge is 2.28. The summed E-state index contributed by atoms with van der Waals surface area (Å²) in [6.07, 6.45) is 8.73. The Labute approximate surface area is 159 Å². The summed E-state index contributed by atoms with van der Waals surface area (Å²) in [4.78, 5) is 37.0. The molecule has 0 N–H and O–H groups in total. The first-order valence-corrected chi connectivity index (χ1v) is 9.64. The minimum atomic E-state index is 0.0379. The maximum atomic E-state index is 12.8. The minimum Gasteiger partial charge on any atom is -0.342 e. The Morgan fingerprint density at radius 1 is 1.11 bits per heavy atom. The van der Waals surface area contributed by atoms with Crippen molar-refractivity contribution in [2.45, 2.75) is 25.7 Å². The number of aromatic nitrogens is 2. The predicted molar refractivity (Wildman–Crippen MR) is 102 cm³/mol. The van der Waals surface area contributed by atoms with Gasteiger partial charge >= 0.3 is 0 Å². The summed E-state index contributed by atoms with van der Waals surface area (Å²) in [6.45, 7) is 3.24. The van der Waals surface area contributed by atoms with Gasteiger partial charge in [-0.25, -0.2) is 0 Å². The highest BCUT2D eigenvalue weighted by molar-refractivity contribution is 5.94. The van der Waals surface area contributed by atoms with Crippen molar-refractivity contribution in [3.8, 4) is 11.3 Å². The van der Waals surface area contributed by atoms with E-state index in [9.17, 15) is 9.59 Å². The number of amides is 2. The van der Waals surface area contributed by atoms with Crippen molar-refractivity contribution in [2.24, 2.45) is 5.92 Å². The van der Waals surface area contributed by atoms with Crippen LogP contribution in [0.15, 0.2) is 42.9 Å². The molecule has 0 radical (unpaired) electrons. The second-order valence-electron chi connectivity index (χ2n) is 7.35. The molecule has 140 valence electrons. The zero-order valence-electron chi connectivity index (χ0n) is 15.4. The summed E-state index contributed by atoms with van der Waals surface area (Å²) in [5.74, 6) is 0.825. The lowest BCUT2D eigenvalue weighted by Gasteiger charge is -2.34. The molecule has 6 heteroatoms. The number of piperidine rings is 1. The molecule has 2 aliphatic rings. The number of likely N-dealkylation sites (tertiary alicyclic amines) is 2. The van der Waals surface area contributed by atoms with Crippen LogP contribution in [0, 0.1) is 5.92 Å². The molecule has 4 heterocycles. The van der Waals surface area contributed by atoms with Crippen molar-refractivity contribution in [1.29, 1.82) is 0 Å². The third-order valence-corrected chi connectivity index (χ3v) is 5.52. The molecule has 2 saturated heterocycles. The van der Waals surface area contributed by atoms with Gasteiger partial charge in [0.2, 0.25) is 5.91 Å². The Morgan fingerprint density at radius 2 is 1.96 bits per heavy atom. The van der Waals surface area contributed by atoms with Crippen molar-refractivity contribution in [3.05, 3.63) is 48.4 Å². The minimum absolute atomic E-state index is 0.0379. The lowest BCUT2D eigenvalue weighted by Crippen LogP contribution is -2.41. The van der Waals surface area contributed by atoms with Gasteiger partial charge in [0.1, 0.15) is 0 Å². The fraction of sp³-hybridized carbons (Fsp3) is 0.429. The molecule has 0 spiro atoms. The summed E-state index contributed by atoms with van der Waals surface area (Å²) >= 11 is 0. The summed E-state index contributed by atoms with van der Waals surface area (Å²) < 4.78 is 0. The van der Waals surface area contributed by atoms with E-state index in [1.54, 1.807) is 18.6 Å². The van der Waals surface area contributed by atoms with Crippen molar-refractivity contribution < 1.29 is 9.59 Å². The summed E-state index contributed by atoms with van der Waals surface area (Å²) in [7, 11) is 0. The van der Waals surface area contributed by atoms with E-state index in [1.807, 2.05) is 34.1 Å².